The molecule has 0 radical (unpaired) electrons. The van der Waals surface area contributed by atoms with Gasteiger partial charge in [-0.25, -0.2) is 4.79 Å². The molecule has 6 rings (SSSR count). The van der Waals surface area contributed by atoms with Gasteiger partial charge in [0.1, 0.15) is 11.9 Å². The number of ether oxygens (including phenoxy) is 2. The van der Waals surface area contributed by atoms with Gasteiger partial charge in [-0.2, -0.15) is 0 Å². The quantitative estimate of drug-likeness (QED) is 0.280. The monoisotopic (exact) mass is 590 g/mol. The van der Waals surface area contributed by atoms with Crippen molar-refractivity contribution in [1.29, 1.82) is 0 Å². The number of carbonyl (C=O) groups excluding carboxylic acids is 1. The summed E-state index contributed by atoms with van der Waals surface area (Å²) in [6.45, 7) is 17.0. The number of carbonyl (C=O) groups is 2. The second-order valence-corrected chi connectivity index (χ2v) is 16.6. The van der Waals surface area contributed by atoms with E-state index in [2.05, 4.69) is 54.5 Å². The average molecular weight is 591 g/mol. The van der Waals surface area contributed by atoms with Gasteiger partial charge < -0.3 is 14.6 Å². The van der Waals surface area contributed by atoms with Gasteiger partial charge in [0.2, 0.25) is 0 Å². The smallest absolute Gasteiger partial charge is 0.338 e. The number of esters is 1. The molecular formula is C38H54O5. The van der Waals surface area contributed by atoms with E-state index in [0.717, 1.165) is 57.8 Å². The number of benzene rings is 1. The molecule has 4 saturated carbocycles. The molecule has 43 heavy (non-hydrogen) atoms. The summed E-state index contributed by atoms with van der Waals surface area (Å²) in [5.74, 6) is 1.88. The summed E-state index contributed by atoms with van der Waals surface area (Å²) < 4.78 is 11.6. The minimum Gasteiger partial charge on any atom is -0.497 e. The maximum absolute atomic E-state index is 13.3. The molecule has 5 heteroatoms. The molecule has 5 aliphatic rings. The predicted octanol–water partition coefficient (Wildman–Crippen LogP) is 8.96. The van der Waals surface area contributed by atoms with Crippen LogP contribution in [0.5, 0.6) is 5.75 Å². The maximum Gasteiger partial charge on any atom is 0.338 e. The molecule has 10 atom stereocenters. The van der Waals surface area contributed by atoms with E-state index in [1.54, 1.807) is 19.2 Å². The zero-order valence-corrected chi connectivity index (χ0v) is 27.8. The van der Waals surface area contributed by atoms with E-state index in [1.165, 1.54) is 5.57 Å². The molecule has 0 saturated heterocycles. The summed E-state index contributed by atoms with van der Waals surface area (Å²) in [4.78, 5) is 26.3. The van der Waals surface area contributed by atoms with Crippen LogP contribution in [0, 0.1) is 56.7 Å². The highest BCUT2D eigenvalue weighted by atomic mass is 16.5. The summed E-state index contributed by atoms with van der Waals surface area (Å²) in [6, 6.07) is 7.25. The molecule has 0 aromatic heterocycles. The molecule has 1 aromatic carbocycles. The van der Waals surface area contributed by atoms with Crippen LogP contribution in [-0.2, 0) is 9.53 Å². The van der Waals surface area contributed by atoms with Crippen LogP contribution in [-0.4, -0.2) is 30.3 Å². The molecule has 10 unspecified atom stereocenters. The van der Waals surface area contributed by atoms with E-state index in [-0.39, 0.29) is 39.7 Å². The van der Waals surface area contributed by atoms with Gasteiger partial charge in [-0.05, 0) is 122 Å². The molecule has 236 valence electrons. The first-order valence-corrected chi connectivity index (χ1v) is 16.9. The van der Waals surface area contributed by atoms with Crippen LogP contribution < -0.4 is 4.74 Å². The third-order valence-corrected chi connectivity index (χ3v) is 14.9. The highest BCUT2D eigenvalue weighted by Gasteiger charge is 2.69. The van der Waals surface area contributed by atoms with E-state index in [1.807, 2.05) is 12.1 Å². The molecular weight excluding hydrogens is 536 g/mol. The summed E-state index contributed by atoms with van der Waals surface area (Å²) in [5, 5.41) is 10.7. The number of hydrogen-bond acceptors (Lipinski definition) is 4. The van der Waals surface area contributed by atoms with Crippen molar-refractivity contribution in [3.8, 4) is 5.75 Å². The molecule has 5 nitrogen and oxygen atoms in total. The number of carboxylic acids is 1. The Bertz CT molecular complexity index is 1330. The maximum atomic E-state index is 13.3. The lowest BCUT2D eigenvalue weighted by molar-refractivity contribution is -0.206. The zero-order valence-electron chi connectivity index (χ0n) is 27.8. The molecule has 0 heterocycles. The van der Waals surface area contributed by atoms with Crippen molar-refractivity contribution in [2.75, 3.05) is 7.11 Å². The van der Waals surface area contributed by atoms with Crippen molar-refractivity contribution >= 4 is 11.9 Å². The summed E-state index contributed by atoms with van der Waals surface area (Å²) >= 11 is 0. The summed E-state index contributed by atoms with van der Waals surface area (Å²) in [7, 11) is 1.61. The Morgan fingerprint density at radius 1 is 0.907 bits per heavy atom. The summed E-state index contributed by atoms with van der Waals surface area (Å²) in [5.41, 5.74) is 1.54. The van der Waals surface area contributed by atoms with Crippen LogP contribution in [0.1, 0.15) is 117 Å². The number of aliphatic carboxylic acids is 1. The molecule has 4 fully saturated rings. The van der Waals surface area contributed by atoms with Gasteiger partial charge in [0.25, 0.3) is 0 Å². The van der Waals surface area contributed by atoms with Crippen molar-refractivity contribution in [1.82, 2.24) is 0 Å². The van der Waals surface area contributed by atoms with Crippen molar-refractivity contribution in [3.63, 3.8) is 0 Å². The lowest BCUT2D eigenvalue weighted by atomic mass is 9.33. The molecule has 1 aromatic rings. The number of hydrogen-bond donors (Lipinski definition) is 1. The molecule has 5 aliphatic carbocycles. The first-order valence-electron chi connectivity index (χ1n) is 16.9. The number of carboxylic acid groups (broad SMARTS) is 1. The van der Waals surface area contributed by atoms with E-state index in [0.29, 0.717) is 35.0 Å². The van der Waals surface area contributed by atoms with Crippen molar-refractivity contribution in [2.24, 2.45) is 56.7 Å². The Hall–Kier alpha value is -2.30. The largest absolute Gasteiger partial charge is 0.497 e. The fourth-order valence-corrected chi connectivity index (χ4v) is 12.0. The number of rotatable bonds is 4. The van der Waals surface area contributed by atoms with Crippen molar-refractivity contribution < 1.29 is 24.2 Å². The predicted molar refractivity (Wildman–Crippen MR) is 169 cm³/mol. The molecule has 1 N–H and O–H groups in total. The third-order valence-electron chi connectivity index (χ3n) is 14.9. The number of fused-ring (bicyclic) bond motifs is 7. The van der Waals surface area contributed by atoms with Gasteiger partial charge in [0.15, 0.2) is 0 Å². The fourth-order valence-electron chi connectivity index (χ4n) is 12.0. The van der Waals surface area contributed by atoms with Crippen molar-refractivity contribution in [3.05, 3.63) is 41.5 Å². The molecule has 0 spiro atoms. The minimum absolute atomic E-state index is 0.0126. The lowest BCUT2D eigenvalue weighted by Crippen LogP contribution is -2.65. The average Bonchev–Trinajstić information content (AvgIpc) is 2.96. The molecule has 0 bridgehead atoms. The van der Waals surface area contributed by atoms with Crippen LogP contribution in [0.25, 0.3) is 0 Å². The highest BCUT2D eigenvalue weighted by molar-refractivity contribution is 5.90. The fraction of sp³-hybridized carbons (Fsp3) is 0.737. The normalized spacial score (nSPS) is 44.9. The SMILES string of the molecule is COc1cccc(C(=O)OC2CCC3(C)C(CCC4(C)C3CC=C3C5C(C)C(C)CCC5(C(=O)O)CCC34C)C2(C)C)c1. The van der Waals surface area contributed by atoms with E-state index < -0.39 is 11.4 Å². The van der Waals surface area contributed by atoms with Crippen LogP contribution in [0.4, 0.5) is 0 Å². The van der Waals surface area contributed by atoms with Gasteiger partial charge in [0.05, 0.1) is 18.1 Å². The topological polar surface area (TPSA) is 72.8 Å². The second kappa shape index (κ2) is 10.1. The standard InChI is InChI=1S/C38H54O5/c1-23-14-19-38(33(40)41)21-20-36(6)27(31(38)24(23)2)12-13-29-35(5)17-16-30(34(3,4)28(35)15-18-37(29,36)7)43-32(39)25-10-9-11-26(22-25)42-8/h9-12,22-24,28-31H,13-21H2,1-8H3,(H,40,41). The van der Waals surface area contributed by atoms with Crippen LogP contribution in [0.15, 0.2) is 35.9 Å². The first kappa shape index (κ1) is 30.7. The van der Waals surface area contributed by atoms with E-state index >= 15 is 0 Å². The van der Waals surface area contributed by atoms with Crippen LogP contribution >= 0.6 is 0 Å². The summed E-state index contributed by atoms with van der Waals surface area (Å²) in [6.07, 6.45) is 11.2. The second-order valence-electron chi connectivity index (χ2n) is 16.6. The van der Waals surface area contributed by atoms with Crippen LogP contribution in [0.3, 0.4) is 0 Å². The van der Waals surface area contributed by atoms with Gasteiger partial charge in [-0.15, -0.1) is 0 Å². The Morgan fingerprint density at radius 2 is 1.65 bits per heavy atom. The van der Waals surface area contributed by atoms with Gasteiger partial charge >= 0.3 is 11.9 Å². The third kappa shape index (κ3) is 4.14. The Labute approximate surface area is 259 Å². The zero-order chi connectivity index (χ0) is 31.2. The molecule has 0 aliphatic heterocycles. The number of methoxy groups -OCH3 is 1. The van der Waals surface area contributed by atoms with E-state index in [4.69, 9.17) is 9.47 Å². The Morgan fingerprint density at radius 3 is 2.35 bits per heavy atom. The minimum atomic E-state index is -0.603. The lowest BCUT2D eigenvalue weighted by Gasteiger charge is -2.71. The Kier molecular flexibility index (Phi) is 7.22. The number of allylic oxidation sites excluding steroid dienone is 2. The van der Waals surface area contributed by atoms with Crippen molar-refractivity contribution in [2.45, 2.75) is 112 Å². The van der Waals surface area contributed by atoms with Gasteiger partial charge in [-0.3, -0.25) is 4.79 Å². The Balaban J connectivity index is 1.31. The highest BCUT2D eigenvalue weighted by Crippen LogP contribution is 2.75. The first-order chi connectivity index (χ1) is 20.2. The van der Waals surface area contributed by atoms with Gasteiger partial charge in [0, 0.05) is 5.41 Å². The van der Waals surface area contributed by atoms with E-state index in [9.17, 15) is 14.7 Å². The van der Waals surface area contributed by atoms with Gasteiger partial charge in [-0.1, -0.05) is 66.2 Å². The molecule has 0 amide bonds. The van der Waals surface area contributed by atoms with Crippen LogP contribution in [0.2, 0.25) is 0 Å².